The highest BCUT2D eigenvalue weighted by atomic mass is 32.2. The lowest BCUT2D eigenvalue weighted by atomic mass is 10.2. The average molecular weight is 374 g/mol. The standard InChI is InChI=1S/C19H23N3OS2/c1-4-14-10-15-18(21-16(5-2)22-19(15)25-14)24-11-17(23)20-13-8-6-12(3)7-9-13/h6-10,18H,4-5,11H2,1-3H3,(H,20,23)(H,21,22). The topological polar surface area (TPSA) is 53.5 Å². The number of benzene rings is 1. The van der Waals surface area contributed by atoms with Crippen molar-refractivity contribution in [3.05, 3.63) is 46.3 Å². The van der Waals surface area contributed by atoms with Gasteiger partial charge in [0, 0.05) is 22.5 Å². The molecule has 1 aliphatic heterocycles. The molecule has 0 saturated heterocycles. The number of thioether (sulfide) groups is 1. The van der Waals surface area contributed by atoms with E-state index in [0.29, 0.717) is 5.75 Å². The van der Waals surface area contributed by atoms with Gasteiger partial charge in [0.05, 0.1) is 5.75 Å². The number of aryl methyl sites for hydroxylation is 2. The number of aliphatic imine (C=N–C) groups is 1. The predicted molar refractivity (Wildman–Crippen MR) is 110 cm³/mol. The van der Waals surface area contributed by atoms with Crippen molar-refractivity contribution in [3.8, 4) is 0 Å². The highest BCUT2D eigenvalue weighted by molar-refractivity contribution is 8.00. The van der Waals surface area contributed by atoms with Crippen molar-refractivity contribution >= 4 is 45.5 Å². The SMILES string of the molecule is CCC1=NC(SCC(=O)Nc2ccc(C)cc2)c2cc(CC)sc2N1. The van der Waals surface area contributed by atoms with E-state index in [1.807, 2.05) is 31.2 Å². The van der Waals surface area contributed by atoms with Crippen molar-refractivity contribution in [2.75, 3.05) is 16.4 Å². The molecule has 0 saturated carbocycles. The van der Waals surface area contributed by atoms with E-state index in [0.717, 1.165) is 24.4 Å². The summed E-state index contributed by atoms with van der Waals surface area (Å²) in [6.07, 6.45) is 1.89. The Kier molecular flexibility index (Phi) is 5.81. The number of amidine groups is 1. The predicted octanol–water partition coefficient (Wildman–Crippen LogP) is 5.22. The minimum atomic E-state index is -0.00785. The molecule has 0 fully saturated rings. The van der Waals surface area contributed by atoms with Crippen molar-refractivity contribution in [1.29, 1.82) is 0 Å². The number of rotatable bonds is 6. The first-order valence-corrected chi connectivity index (χ1v) is 10.4. The van der Waals surface area contributed by atoms with Gasteiger partial charge in [-0.3, -0.25) is 9.79 Å². The molecular formula is C19H23N3OS2. The van der Waals surface area contributed by atoms with Gasteiger partial charge < -0.3 is 10.6 Å². The van der Waals surface area contributed by atoms with Crippen LogP contribution in [0.3, 0.4) is 0 Å². The Morgan fingerprint density at radius 1 is 1.28 bits per heavy atom. The van der Waals surface area contributed by atoms with Crippen molar-refractivity contribution < 1.29 is 4.79 Å². The minimum Gasteiger partial charge on any atom is -0.335 e. The lowest BCUT2D eigenvalue weighted by Gasteiger charge is -2.21. The number of nitrogens with zero attached hydrogens (tertiary/aromatic N) is 1. The summed E-state index contributed by atoms with van der Waals surface area (Å²) in [5, 5.41) is 7.54. The summed E-state index contributed by atoms with van der Waals surface area (Å²) in [4.78, 5) is 18.4. The molecule has 1 atom stereocenters. The molecule has 0 radical (unpaired) electrons. The van der Waals surface area contributed by atoms with Gasteiger partial charge in [0.15, 0.2) is 0 Å². The number of amides is 1. The number of carbonyl (C=O) groups excluding carboxylic acids is 1. The number of carbonyl (C=O) groups is 1. The molecule has 4 nitrogen and oxygen atoms in total. The van der Waals surface area contributed by atoms with Crippen LogP contribution >= 0.6 is 23.1 Å². The summed E-state index contributed by atoms with van der Waals surface area (Å²) in [5.74, 6) is 1.39. The second kappa shape index (κ2) is 8.06. The molecule has 2 N–H and O–H groups in total. The lowest BCUT2D eigenvalue weighted by molar-refractivity contribution is -0.113. The third-order valence-electron chi connectivity index (χ3n) is 4.00. The van der Waals surface area contributed by atoms with Crippen LogP contribution in [0.25, 0.3) is 0 Å². The number of hydrogen-bond donors (Lipinski definition) is 2. The van der Waals surface area contributed by atoms with Gasteiger partial charge in [-0.05, 0) is 31.5 Å². The maximum atomic E-state index is 12.3. The minimum absolute atomic E-state index is 0.00753. The fourth-order valence-corrected chi connectivity index (χ4v) is 4.66. The third-order valence-corrected chi connectivity index (χ3v) is 6.31. The summed E-state index contributed by atoms with van der Waals surface area (Å²) in [5.41, 5.74) is 3.22. The molecule has 2 aromatic rings. The molecule has 1 amide bonds. The van der Waals surface area contributed by atoms with Crippen molar-refractivity contribution in [2.24, 2.45) is 4.99 Å². The van der Waals surface area contributed by atoms with Crippen LogP contribution in [0, 0.1) is 6.92 Å². The molecule has 132 valence electrons. The van der Waals surface area contributed by atoms with Crippen LogP contribution < -0.4 is 10.6 Å². The fourth-order valence-electron chi connectivity index (χ4n) is 2.58. The number of thiophene rings is 1. The van der Waals surface area contributed by atoms with E-state index in [1.165, 1.54) is 21.0 Å². The third kappa shape index (κ3) is 4.44. The first kappa shape index (κ1) is 18.0. The molecule has 1 unspecified atom stereocenters. The Morgan fingerprint density at radius 2 is 2.04 bits per heavy atom. The summed E-state index contributed by atoms with van der Waals surface area (Å²) in [7, 11) is 0. The van der Waals surface area contributed by atoms with E-state index < -0.39 is 0 Å². The zero-order valence-electron chi connectivity index (χ0n) is 14.8. The highest BCUT2D eigenvalue weighted by Gasteiger charge is 2.24. The van der Waals surface area contributed by atoms with Crippen LogP contribution in [0.4, 0.5) is 10.7 Å². The van der Waals surface area contributed by atoms with Crippen molar-refractivity contribution in [3.63, 3.8) is 0 Å². The summed E-state index contributed by atoms with van der Waals surface area (Å²) >= 11 is 3.37. The van der Waals surface area contributed by atoms with Crippen LogP contribution in [-0.4, -0.2) is 17.5 Å². The van der Waals surface area contributed by atoms with Gasteiger partial charge in [-0.25, -0.2) is 0 Å². The molecule has 2 heterocycles. The van der Waals surface area contributed by atoms with Crippen molar-refractivity contribution in [1.82, 2.24) is 0 Å². The van der Waals surface area contributed by atoms with Gasteiger partial charge in [0.25, 0.3) is 0 Å². The first-order chi connectivity index (χ1) is 12.1. The molecule has 1 aromatic heterocycles. The summed E-state index contributed by atoms with van der Waals surface area (Å²) in [6, 6.07) is 10.1. The van der Waals surface area contributed by atoms with E-state index in [2.05, 4.69) is 30.5 Å². The van der Waals surface area contributed by atoms with E-state index in [1.54, 1.807) is 23.1 Å². The quantitative estimate of drug-likeness (QED) is 0.729. The number of hydrogen-bond acceptors (Lipinski definition) is 5. The average Bonchev–Trinajstić information content (AvgIpc) is 3.04. The van der Waals surface area contributed by atoms with Crippen LogP contribution in [0.2, 0.25) is 0 Å². The Hall–Kier alpha value is -1.79. The van der Waals surface area contributed by atoms with Crippen LogP contribution in [-0.2, 0) is 11.2 Å². The molecule has 3 rings (SSSR count). The molecule has 25 heavy (non-hydrogen) atoms. The van der Waals surface area contributed by atoms with Crippen LogP contribution in [0.15, 0.2) is 35.3 Å². The van der Waals surface area contributed by atoms with Gasteiger partial charge in [-0.15, -0.1) is 23.1 Å². The number of fused-ring (bicyclic) bond motifs is 1. The zero-order valence-corrected chi connectivity index (χ0v) is 16.4. The Balaban J connectivity index is 1.65. The van der Waals surface area contributed by atoms with Gasteiger partial charge >= 0.3 is 0 Å². The van der Waals surface area contributed by atoms with Crippen LogP contribution in [0.1, 0.15) is 41.6 Å². The maximum Gasteiger partial charge on any atom is 0.234 e. The fraction of sp³-hybridized carbons (Fsp3) is 0.368. The molecule has 6 heteroatoms. The summed E-state index contributed by atoms with van der Waals surface area (Å²) < 4.78 is 0. The van der Waals surface area contributed by atoms with E-state index in [4.69, 9.17) is 4.99 Å². The molecule has 0 spiro atoms. The first-order valence-electron chi connectivity index (χ1n) is 8.53. The monoisotopic (exact) mass is 373 g/mol. The zero-order chi connectivity index (χ0) is 17.8. The number of nitrogens with one attached hydrogen (secondary N) is 2. The Labute approximate surface area is 157 Å². The van der Waals surface area contributed by atoms with E-state index >= 15 is 0 Å². The molecule has 1 aromatic carbocycles. The largest absolute Gasteiger partial charge is 0.335 e. The molecular weight excluding hydrogens is 350 g/mol. The lowest BCUT2D eigenvalue weighted by Crippen LogP contribution is -2.19. The van der Waals surface area contributed by atoms with Gasteiger partial charge in [0.2, 0.25) is 5.91 Å². The molecule has 0 aliphatic carbocycles. The Morgan fingerprint density at radius 3 is 2.72 bits per heavy atom. The molecule has 1 aliphatic rings. The number of anilines is 2. The smallest absolute Gasteiger partial charge is 0.234 e. The Bertz CT molecular complexity index is 780. The maximum absolute atomic E-state index is 12.3. The van der Waals surface area contributed by atoms with Gasteiger partial charge in [0.1, 0.15) is 16.2 Å². The van der Waals surface area contributed by atoms with Gasteiger partial charge in [-0.2, -0.15) is 0 Å². The van der Waals surface area contributed by atoms with Crippen molar-refractivity contribution in [2.45, 2.75) is 39.0 Å². The molecule has 0 bridgehead atoms. The summed E-state index contributed by atoms with van der Waals surface area (Å²) in [6.45, 7) is 6.29. The van der Waals surface area contributed by atoms with Crippen LogP contribution in [0.5, 0.6) is 0 Å². The van der Waals surface area contributed by atoms with Gasteiger partial charge in [-0.1, -0.05) is 31.5 Å². The van der Waals surface area contributed by atoms with E-state index in [-0.39, 0.29) is 11.3 Å². The second-order valence-corrected chi connectivity index (χ2v) is 8.19. The second-order valence-electron chi connectivity index (χ2n) is 5.98. The normalized spacial score (nSPS) is 16.0. The van der Waals surface area contributed by atoms with E-state index in [9.17, 15) is 4.79 Å². The highest BCUT2D eigenvalue weighted by Crippen LogP contribution is 2.43.